The third kappa shape index (κ3) is 3.67. The van der Waals surface area contributed by atoms with Gasteiger partial charge in [-0.05, 0) is 25.1 Å². The Labute approximate surface area is 124 Å². The van der Waals surface area contributed by atoms with Crippen molar-refractivity contribution in [2.75, 3.05) is 19.6 Å². The lowest BCUT2D eigenvalue weighted by atomic mass is 10.1. The van der Waals surface area contributed by atoms with E-state index >= 15 is 0 Å². The summed E-state index contributed by atoms with van der Waals surface area (Å²) in [5, 5.41) is 3.22. The molecule has 1 atom stereocenters. The number of ether oxygens (including phenoxy) is 1. The van der Waals surface area contributed by atoms with Gasteiger partial charge in [0, 0.05) is 30.1 Å². The lowest BCUT2D eigenvalue weighted by molar-refractivity contribution is -0.0503. The van der Waals surface area contributed by atoms with Crippen LogP contribution in [0, 0.1) is 0 Å². The summed E-state index contributed by atoms with van der Waals surface area (Å²) in [5.74, 6) is -0.396. The molecule has 4 nitrogen and oxygen atoms in total. The van der Waals surface area contributed by atoms with Crippen molar-refractivity contribution in [3.8, 4) is 5.75 Å². The van der Waals surface area contributed by atoms with Crippen LogP contribution in [0.15, 0.2) is 22.7 Å². The monoisotopic (exact) mass is 348 g/mol. The van der Waals surface area contributed by atoms with E-state index < -0.39 is 6.61 Å². The topological polar surface area (TPSA) is 41.6 Å². The minimum atomic E-state index is -2.96. The predicted octanol–water partition coefficient (Wildman–Crippen LogP) is 2.48. The summed E-state index contributed by atoms with van der Waals surface area (Å²) in [6.07, 6.45) is 0. The van der Waals surface area contributed by atoms with Crippen LogP contribution in [0.25, 0.3) is 0 Å². The summed E-state index contributed by atoms with van der Waals surface area (Å²) < 4.78 is 29.9. The first kappa shape index (κ1) is 15.2. The van der Waals surface area contributed by atoms with Crippen molar-refractivity contribution in [1.29, 1.82) is 0 Å². The fourth-order valence-electron chi connectivity index (χ4n) is 2.15. The maximum absolute atomic E-state index is 12.4. The number of hydrogen-bond donors (Lipinski definition) is 1. The number of piperazine rings is 1. The second kappa shape index (κ2) is 6.49. The number of hydrogen-bond acceptors (Lipinski definition) is 3. The van der Waals surface area contributed by atoms with E-state index in [4.69, 9.17) is 0 Å². The van der Waals surface area contributed by atoms with Gasteiger partial charge in [-0.2, -0.15) is 8.78 Å². The van der Waals surface area contributed by atoms with Gasteiger partial charge in [-0.1, -0.05) is 15.9 Å². The van der Waals surface area contributed by atoms with Gasteiger partial charge in [-0.3, -0.25) is 4.79 Å². The van der Waals surface area contributed by atoms with Crippen LogP contribution in [-0.4, -0.2) is 43.1 Å². The first-order valence-corrected chi connectivity index (χ1v) is 7.03. The molecule has 1 saturated heterocycles. The molecule has 110 valence electrons. The molecule has 0 radical (unpaired) electrons. The van der Waals surface area contributed by atoms with Crippen molar-refractivity contribution >= 4 is 21.8 Å². The smallest absolute Gasteiger partial charge is 0.387 e. The first-order chi connectivity index (χ1) is 9.47. The molecule has 0 unspecified atom stereocenters. The Morgan fingerprint density at radius 1 is 1.55 bits per heavy atom. The average molecular weight is 349 g/mol. The number of halogens is 3. The highest BCUT2D eigenvalue weighted by Gasteiger charge is 2.25. The fraction of sp³-hybridized carbons (Fsp3) is 0.462. The Morgan fingerprint density at radius 3 is 2.95 bits per heavy atom. The Hall–Kier alpha value is -1.21. The fourth-order valence-corrected chi connectivity index (χ4v) is 2.49. The van der Waals surface area contributed by atoms with Crippen molar-refractivity contribution in [2.45, 2.75) is 19.6 Å². The van der Waals surface area contributed by atoms with Crippen LogP contribution in [-0.2, 0) is 0 Å². The van der Waals surface area contributed by atoms with Gasteiger partial charge in [0.1, 0.15) is 5.75 Å². The average Bonchev–Trinajstić information content (AvgIpc) is 2.37. The molecule has 1 amide bonds. The van der Waals surface area contributed by atoms with Gasteiger partial charge in [0.05, 0.1) is 5.56 Å². The van der Waals surface area contributed by atoms with Crippen LogP contribution in [0.3, 0.4) is 0 Å². The number of carbonyl (C=O) groups is 1. The summed E-state index contributed by atoms with van der Waals surface area (Å²) in [4.78, 5) is 14.1. The van der Waals surface area contributed by atoms with Crippen LogP contribution in [0.1, 0.15) is 17.3 Å². The first-order valence-electron chi connectivity index (χ1n) is 6.24. The van der Waals surface area contributed by atoms with E-state index in [0.29, 0.717) is 24.1 Å². The van der Waals surface area contributed by atoms with Gasteiger partial charge >= 0.3 is 6.61 Å². The zero-order valence-corrected chi connectivity index (χ0v) is 12.5. The van der Waals surface area contributed by atoms with Gasteiger partial charge in [0.15, 0.2) is 0 Å². The highest BCUT2D eigenvalue weighted by atomic mass is 79.9. The Morgan fingerprint density at radius 2 is 2.30 bits per heavy atom. The minimum absolute atomic E-state index is 0.106. The van der Waals surface area contributed by atoms with E-state index in [1.54, 1.807) is 11.0 Å². The standard InChI is InChI=1S/C13H15BrF2N2O2/c1-8-7-18(5-4-17-8)12(19)10-3-2-9(14)6-11(10)20-13(15)16/h2-3,6,8,13,17H,4-5,7H2,1H3/t8-/m1/s1. The second-order valence-electron chi connectivity index (χ2n) is 4.63. The largest absolute Gasteiger partial charge is 0.434 e. The highest BCUT2D eigenvalue weighted by molar-refractivity contribution is 9.10. The minimum Gasteiger partial charge on any atom is -0.434 e. The van der Waals surface area contributed by atoms with Crippen LogP contribution in [0.5, 0.6) is 5.75 Å². The molecule has 20 heavy (non-hydrogen) atoms. The zero-order valence-electron chi connectivity index (χ0n) is 10.9. The van der Waals surface area contributed by atoms with Crippen molar-refractivity contribution < 1.29 is 18.3 Å². The van der Waals surface area contributed by atoms with Crippen molar-refractivity contribution in [3.63, 3.8) is 0 Å². The molecule has 1 aliphatic rings. The van der Waals surface area contributed by atoms with E-state index in [0.717, 1.165) is 0 Å². The van der Waals surface area contributed by atoms with Gasteiger partial charge < -0.3 is 15.0 Å². The predicted molar refractivity (Wildman–Crippen MR) is 74.1 cm³/mol. The number of nitrogens with one attached hydrogen (secondary N) is 1. The van der Waals surface area contributed by atoms with Crippen LogP contribution in [0.2, 0.25) is 0 Å². The molecular weight excluding hydrogens is 334 g/mol. The number of alkyl halides is 2. The molecule has 0 aromatic heterocycles. The van der Waals surface area contributed by atoms with E-state index in [1.807, 2.05) is 6.92 Å². The molecule has 1 fully saturated rings. The van der Waals surface area contributed by atoms with Crippen LogP contribution in [0.4, 0.5) is 8.78 Å². The number of amides is 1. The lowest BCUT2D eigenvalue weighted by Crippen LogP contribution is -2.51. The van der Waals surface area contributed by atoms with Gasteiger partial charge in [-0.15, -0.1) is 0 Å². The summed E-state index contributed by atoms with van der Waals surface area (Å²) in [7, 11) is 0. The van der Waals surface area contributed by atoms with Crippen LogP contribution < -0.4 is 10.1 Å². The van der Waals surface area contributed by atoms with Crippen molar-refractivity contribution in [1.82, 2.24) is 10.2 Å². The summed E-state index contributed by atoms with van der Waals surface area (Å²) in [6.45, 7) is 0.792. The molecule has 1 aliphatic heterocycles. The maximum atomic E-state index is 12.4. The molecule has 0 spiro atoms. The zero-order chi connectivity index (χ0) is 14.7. The Kier molecular flexibility index (Phi) is 4.93. The molecule has 0 bridgehead atoms. The van der Waals surface area contributed by atoms with E-state index in [-0.39, 0.29) is 23.3 Å². The molecule has 1 aromatic rings. The third-order valence-electron chi connectivity index (χ3n) is 3.05. The SMILES string of the molecule is C[C@@H]1CN(C(=O)c2ccc(Br)cc2OC(F)F)CCN1. The van der Waals surface area contributed by atoms with Gasteiger partial charge in [0.25, 0.3) is 5.91 Å². The highest BCUT2D eigenvalue weighted by Crippen LogP contribution is 2.26. The number of rotatable bonds is 3. The summed E-state index contributed by atoms with van der Waals surface area (Å²) in [6, 6.07) is 4.70. The van der Waals surface area contributed by atoms with Gasteiger partial charge in [-0.25, -0.2) is 0 Å². The second-order valence-corrected chi connectivity index (χ2v) is 5.54. The Balaban J connectivity index is 2.24. The quantitative estimate of drug-likeness (QED) is 0.912. The molecule has 0 aliphatic carbocycles. The van der Waals surface area contributed by atoms with Crippen molar-refractivity contribution in [2.24, 2.45) is 0 Å². The third-order valence-corrected chi connectivity index (χ3v) is 3.54. The Bertz CT molecular complexity index is 499. The van der Waals surface area contributed by atoms with Gasteiger partial charge in [0.2, 0.25) is 0 Å². The summed E-state index contributed by atoms with van der Waals surface area (Å²) >= 11 is 3.18. The van der Waals surface area contributed by atoms with E-state index in [1.165, 1.54) is 12.1 Å². The lowest BCUT2D eigenvalue weighted by Gasteiger charge is -2.32. The molecule has 2 rings (SSSR count). The summed E-state index contributed by atoms with van der Waals surface area (Å²) in [5.41, 5.74) is 0.155. The molecule has 0 saturated carbocycles. The normalized spacial score (nSPS) is 19.2. The number of benzene rings is 1. The molecule has 1 N–H and O–H groups in total. The molecule has 1 aromatic carbocycles. The molecular formula is C13H15BrF2N2O2. The van der Waals surface area contributed by atoms with Crippen molar-refractivity contribution in [3.05, 3.63) is 28.2 Å². The van der Waals surface area contributed by atoms with E-state index in [2.05, 4.69) is 26.0 Å². The number of carbonyl (C=O) groups excluding carboxylic acids is 1. The maximum Gasteiger partial charge on any atom is 0.387 e. The van der Waals surface area contributed by atoms with Crippen LogP contribution >= 0.6 is 15.9 Å². The van der Waals surface area contributed by atoms with E-state index in [9.17, 15) is 13.6 Å². The number of nitrogens with zero attached hydrogens (tertiary/aromatic N) is 1. The molecule has 7 heteroatoms. The molecule has 1 heterocycles.